The average Bonchev–Trinajstić information content (AvgIpc) is 3.23. The molecule has 1 aliphatic heterocycles. The minimum atomic E-state index is -0.415. The molecule has 0 saturated carbocycles. The Balaban J connectivity index is 1.82. The summed E-state index contributed by atoms with van der Waals surface area (Å²) in [5.74, 6) is 1.83. The van der Waals surface area contributed by atoms with Crippen LogP contribution in [-0.2, 0) is 0 Å². The summed E-state index contributed by atoms with van der Waals surface area (Å²) >= 11 is 0. The van der Waals surface area contributed by atoms with Gasteiger partial charge in [0, 0.05) is 23.4 Å². The molecule has 0 radical (unpaired) electrons. The van der Waals surface area contributed by atoms with Crippen molar-refractivity contribution in [3.63, 3.8) is 0 Å². The predicted molar refractivity (Wildman–Crippen MR) is 97.7 cm³/mol. The molecule has 5 rings (SSSR count). The van der Waals surface area contributed by atoms with Crippen LogP contribution in [0.1, 0.15) is 40.0 Å². The molecule has 28 heavy (non-hydrogen) atoms. The van der Waals surface area contributed by atoms with Gasteiger partial charge in [-0.15, -0.1) is 10.2 Å². The average molecular weight is 377 g/mol. The number of nitrogens with one attached hydrogen (secondary N) is 1. The number of nitro benzene ring substituents is 1. The van der Waals surface area contributed by atoms with Gasteiger partial charge in [0.2, 0.25) is 11.8 Å². The zero-order chi connectivity index (χ0) is 19.6. The van der Waals surface area contributed by atoms with Gasteiger partial charge in [-0.05, 0) is 26.3 Å². The molecule has 0 spiro atoms. The van der Waals surface area contributed by atoms with Crippen LogP contribution in [0.25, 0.3) is 5.65 Å². The topological polar surface area (TPSA) is 124 Å². The molecule has 0 aliphatic carbocycles. The molecule has 4 heterocycles. The molecule has 140 valence electrons. The van der Waals surface area contributed by atoms with E-state index in [1.54, 1.807) is 16.6 Å². The number of hydrogen-bond acceptors (Lipinski definition) is 7. The summed E-state index contributed by atoms with van der Waals surface area (Å²) in [6, 6.07) is 6.47. The van der Waals surface area contributed by atoms with Gasteiger partial charge < -0.3 is 4.74 Å². The van der Waals surface area contributed by atoms with E-state index in [-0.39, 0.29) is 11.6 Å². The monoisotopic (exact) mass is 377 g/mol. The number of nitrogens with zero attached hydrogens (tertiary/aromatic N) is 6. The number of benzene rings is 1. The van der Waals surface area contributed by atoms with Crippen molar-refractivity contribution in [3.05, 3.63) is 68.4 Å². The standard InChI is InChI=1S/C18H15N7O3/c1-8-13-14(11-4-6-12(7-5-11)25(26)27)15-16-19-9(2)23-24(16)10(3)20-17(15)28-18(13)22-21-8/h4-7,14H,1-3H3,(H,21,22). The van der Waals surface area contributed by atoms with E-state index in [0.717, 1.165) is 22.4 Å². The SMILES string of the molecule is Cc1nc2c3c(nc(C)n2n1)Oc1n[nH]c(C)c1C3c1ccc([N+](=O)[O-])cc1. The third kappa shape index (κ3) is 2.20. The lowest BCUT2D eigenvalue weighted by molar-refractivity contribution is -0.384. The molecule has 0 amide bonds. The Bertz CT molecular complexity index is 1260. The van der Waals surface area contributed by atoms with Crippen molar-refractivity contribution in [1.82, 2.24) is 29.8 Å². The van der Waals surface area contributed by atoms with E-state index in [4.69, 9.17) is 4.74 Å². The quantitative estimate of drug-likeness (QED) is 0.370. The fourth-order valence-corrected chi connectivity index (χ4v) is 3.69. The Kier molecular flexibility index (Phi) is 3.26. The first kappa shape index (κ1) is 16.4. The second kappa shape index (κ2) is 5.59. The van der Waals surface area contributed by atoms with Crippen LogP contribution in [0.2, 0.25) is 0 Å². The van der Waals surface area contributed by atoms with Gasteiger partial charge in [0.25, 0.3) is 5.69 Å². The molecule has 10 nitrogen and oxygen atoms in total. The van der Waals surface area contributed by atoms with Crippen LogP contribution in [0.3, 0.4) is 0 Å². The van der Waals surface area contributed by atoms with Crippen molar-refractivity contribution in [2.75, 3.05) is 0 Å². The van der Waals surface area contributed by atoms with Gasteiger partial charge in [-0.25, -0.2) is 4.98 Å². The summed E-state index contributed by atoms with van der Waals surface area (Å²) in [6.45, 7) is 5.56. The summed E-state index contributed by atoms with van der Waals surface area (Å²) in [6.07, 6.45) is 0. The first-order valence-corrected chi connectivity index (χ1v) is 8.65. The van der Waals surface area contributed by atoms with Gasteiger partial charge >= 0.3 is 0 Å². The second-order valence-corrected chi connectivity index (χ2v) is 6.72. The van der Waals surface area contributed by atoms with Crippen LogP contribution >= 0.6 is 0 Å². The normalized spacial score (nSPS) is 15.2. The minimum absolute atomic E-state index is 0.0330. The third-order valence-electron chi connectivity index (χ3n) is 4.92. The third-order valence-corrected chi connectivity index (χ3v) is 4.92. The molecule has 0 bridgehead atoms. The summed E-state index contributed by atoms with van der Waals surface area (Å²) in [5.41, 5.74) is 4.00. The van der Waals surface area contributed by atoms with Gasteiger partial charge in [0.05, 0.1) is 16.4 Å². The molecule has 1 N–H and O–H groups in total. The van der Waals surface area contributed by atoms with E-state index in [9.17, 15) is 10.1 Å². The van der Waals surface area contributed by atoms with Crippen molar-refractivity contribution in [2.45, 2.75) is 26.7 Å². The maximum absolute atomic E-state index is 11.1. The number of hydrogen-bond donors (Lipinski definition) is 1. The lowest BCUT2D eigenvalue weighted by atomic mass is 9.84. The van der Waals surface area contributed by atoms with Gasteiger partial charge in [0.15, 0.2) is 5.65 Å². The van der Waals surface area contributed by atoms with Crippen LogP contribution < -0.4 is 4.74 Å². The highest BCUT2D eigenvalue weighted by molar-refractivity contribution is 5.66. The highest BCUT2D eigenvalue weighted by atomic mass is 16.6. The molecule has 0 saturated heterocycles. The first-order chi connectivity index (χ1) is 13.4. The molecule has 10 heteroatoms. The van der Waals surface area contributed by atoms with Gasteiger partial charge in [-0.3, -0.25) is 15.2 Å². The zero-order valence-corrected chi connectivity index (χ0v) is 15.3. The summed E-state index contributed by atoms with van der Waals surface area (Å²) in [5, 5.41) is 22.7. The summed E-state index contributed by atoms with van der Waals surface area (Å²) in [7, 11) is 0. The van der Waals surface area contributed by atoms with E-state index in [1.807, 2.05) is 20.8 Å². The summed E-state index contributed by atoms with van der Waals surface area (Å²) in [4.78, 5) is 19.8. The Hall–Kier alpha value is -3.82. The van der Waals surface area contributed by atoms with Crippen molar-refractivity contribution in [3.8, 4) is 11.8 Å². The first-order valence-electron chi connectivity index (χ1n) is 8.65. The molecule has 0 fully saturated rings. The molecule has 1 unspecified atom stereocenters. The van der Waals surface area contributed by atoms with Crippen LogP contribution in [-0.4, -0.2) is 34.7 Å². The number of ether oxygens (including phenoxy) is 1. The van der Waals surface area contributed by atoms with Crippen molar-refractivity contribution in [2.24, 2.45) is 0 Å². The predicted octanol–water partition coefficient (Wildman–Crippen LogP) is 2.97. The van der Waals surface area contributed by atoms with Crippen molar-refractivity contribution in [1.29, 1.82) is 0 Å². The molecule has 1 aromatic carbocycles. The van der Waals surface area contributed by atoms with Crippen molar-refractivity contribution < 1.29 is 9.66 Å². The van der Waals surface area contributed by atoms with Crippen molar-refractivity contribution >= 4 is 11.3 Å². The molecule has 4 aromatic rings. The van der Waals surface area contributed by atoms with Crippen LogP contribution in [0, 0.1) is 30.9 Å². The maximum Gasteiger partial charge on any atom is 0.269 e. The molecule has 1 aliphatic rings. The van der Waals surface area contributed by atoms with E-state index < -0.39 is 4.92 Å². The molecular formula is C18H15N7O3. The Morgan fingerprint density at radius 3 is 2.57 bits per heavy atom. The van der Waals surface area contributed by atoms with Crippen LogP contribution in [0.4, 0.5) is 5.69 Å². The fraction of sp³-hybridized carbons (Fsp3) is 0.222. The Morgan fingerprint density at radius 1 is 1.11 bits per heavy atom. The van der Waals surface area contributed by atoms with E-state index in [0.29, 0.717) is 29.1 Å². The van der Waals surface area contributed by atoms with Gasteiger partial charge in [-0.2, -0.15) is 9.50 Å². The molecule has 3 aromatic heterocycles. The Morgan fingerprint density at radius 2 is 1.86 bits per heavy atom. The number of fused-ring (bicyclic) bond motifs is 4. The van der Waals surface area contributed by atoms with E-state index >= 15 is 0 Å². The number of rotatable bonds is 2. The largest absolute Gasteiger partial charge is 0.418 e. The van der Waals surface area contributed by atoms with Crippen LogP contribution in [0.5, 0.6) is 11.8 Å². The van der Waals surface area contributed by atoms with E-state index in [1.165, 1.54) is 12.1 Å². The lowest BCUT2D eigenvalue weighted by Gasteiger charge is -2.25. The molecular weight excluding hydrogens is 362 g/mol. The van der Waals surface area contributed by atoms with Gasteiger partial charge in [-0.1, -0.05) is 12.1 Å². The number of H-pyrrole nitrogens is 1. The minimum Gasteiger partial charge on any atom is -0.418 e. The fourth-order valence-electron chi connectivity index (χ4n) is 3.69. The zero-order valence-electron chi connectivity index (χ0n) is 15.3. The maximum atomic E-state index is 11.1. The number of aromatic amines is 1. The van der Waals surface area contributed by atoms with E-state index in [2.05, 4.69) is 25.3 Å². The number of nitro groups is 1. The highest BCUT2D eigenvalue weighted by Crippen LogP contribution is 2.48. The second-order valence-electron chi connectivity index (χ2n) is 6.72. The van der Waals surface area contributed by atoms with Gasteiger partial charge in [0.1, 0.15) is 11.6 Å². The Labute approximate surface area is 158 Å². The lowest BCUT2D eigenvalue weighted by Crippen LogP contribution is -2.16. The number of aromatic nitrogens is 6. The highest BCUT2D eigenvalue weighted by Gasteiger charge is 2.37. The smallest absolute Gasteiger partial charge is 0.269 e. The number of non-ortho nitro benzene ring substituents is 1. The summed E-state index contributed by atoms with van der Waals surface area (Å²) < 4.78 is 7.66. The number of aryl methyl sites for hydroxylation is 3. The molecule has 1 atom stereocenters. The van der Waals surface area contributed by atoms with Crippen LogP contribution in [0.15, 0.2) is 24.3 Å².